The number of hydrogen-bond acceptors (Lipinski definition) is 5. The molecule has 0 amide bonds. The summed E-state index contributed by atoms with van der Waals surface area (Å²) in [5.74, 6) is -0.622. The zero-order valence-electron chi connectivity index (χ0n) is 26.4. The Bertz CT molecular complexity index is 1130. The van der Waals surface area contributed by atoms with Crippen LogP contribution in [0.4, 0.5) is 0 Å². The van der Waals surface area contributed by atoms with Crippen molar-refractivity contribution in [1.29, 1.82) is 0 Å². The fraction of sp³-hybridized carbons (Fsp3) is 0.571. The first-order chi connectivity index (χ1) is 19.9. The maximum atomic E-state index is 13.6. The molecule has 4 unspecified atom stereocenters. The molecule has 2 N–H and O–H groups in total. The molecule has 2 aromatic carbocycles. The molecule has 4 atom stereocenters. The number of ether oxygens (including phenoxy) is 1. The highest BCUT2D eigenvalue weighted by Gasteiger charge is 2.63. The molecule has 7 heteroatoms. The maximum absolute atomic E-state index is 13.6. The molecule has 0 aliphatic carbocycles. The standard InChI is InChI=1S/C35H50BNO5/c1-8-17-26(3)23-24-27(22-16-25-36-41-32(4,5)33(6,7)42-36)34(31(38)39)30(9-2)40-35(37-34,28-18-12-10-13-19-28)29-20-14-11-15-21-29/h9-15,18-21,26-27,30,37H,2,8,16-17,22-25H2,1,3-7H3,(H,38,39). The minimum atomic E-state index is -1.38. The molecule has 0 spiro atoms. The number of nitrogens with one attached hydrogen (secondary N) is 1. The molecule has 42 heavy (non-hydrogen) atoms. The van der Waals surface area contributed by atoms with Crippen molar-refractivity contribution in [3.05, 3.63) is 84.4 Å². The molecule has 4 rings (SSSR count). The lowest BCUT2D eigenvalue weighted by atomic mass is 9.71. The summed E-state index contributed by atoms with van der Waals surface area (Å²) in [6, 6.07) is 19.7. The van der Waals surface area contributed by atoms with E-state index in [2.05, 4.69) is 53.4 Å². The fourth-order valence-corrected chi connectivity index (χ4v) is 6.72. The summed E-state index contributed by atoms with van der Waals surface area (Å²) in [5, 5.41) is 14.8. The van der Waals surface area contributed by atoms with E-state index in [1.165, 1.54) is 0 Å². The molecular weight excluding hydrogens is 525 g/mol. The van der Waals surface area contributed by atoms with Crippen molar-refractivity contribution in [2.75, 3.05) is 0 Å². The first-order valence-electron chi connectivity index (χ1n) is 15.7. The van der Waals surface area contributed by atoms with Crippen LogP contribution in [0.2, 0.25) is 6.32 Å². The van der Waals surface area contributed by atoms with Crippen molar-refractivity contribution < 1.29 is 23.9 Å². The monoisotopic (exact) mass is 575 g/mol. The van der Waals surface area contributed by atoms with Crippen LogP contribution in [-0.2, 0) is 24.6 Å². The smallest absolute Gasteiger partial charge is 0.457 e. The normalized spacial score (nSPS) is 25.7. The highest BCUT2D eigenvalue weighted by molar-refractivity contribution is 6.45. The molecule has 0 bridgehead atoms. The maximum Gasteiger partial charge on any atom is 0.457 e. The van der Waals surface area contributed by atoms with Gasteiger partial charge in [-0.3, -0.25) is 10.1 Å². The number of carboxylic acids is 1. The summed E-state index contributed by atoms with van der Waals surface area (Å²) in [4.78, 5) is 13.6. The minimum Gasteiger partial charge on any atom is -0.480 e. The number of carboxylic acid groups (broad SMARTS) is 1. The van der Waals surface area contributed by atoms with Gasteiger partial charge in [-0.05, 0) is 58.7 Å². The predicted molar refractivity (Wildman–Crippen MR) is 169 cm³/mol. The van der Waals surface area contributed by atoms with Crippen LogP contribution in [0.15, 0.2) is 73.3 Å². The molecule has 0 radical (unpaired) electrons. The molecule has 0 saturated carbocycles. The first kappa shape index (κ1) is 32.5. The van der Waals surface area contributed by atoms with Crippen molar-refractivity contribution in [1.82, 2.24) is 5.32 Å². The van der Waals surface area contributed by atoms with Gasteiger partial charge in [-0.25, -0.2) is 0 Å². The fourth-order valence-electron chi connectivity index (χ4n) is 6.72. The zero-order chi connectivity index (χ0) is 30.6. The van der Waals surface area contributed by atoms with Crippen LogP contribution in [0.1, 0.15) is 91.2 Å². The number of carbonyl (C=O) groups is 1. The summed E-state index contributed by atoms with van der Waals surface area (Å²) in [5.41, 5.74) is -1.58. The molecular formula is C35H50BNO5. The van der Waals surface area contributed by atoms with E-state index >= 15 is 0 Å². The molecule has 2 aliphatic heterocycles. The quantitative estimate of drug-likeness (QED) is 0.179. The lowest BCUT2D eigenvalue weighted by Gasteiger charge is -2.38. The Morgan fingerprint density at radius 3 is 1.98 bits per heavy atom. The van der Waals surface area contributed by atoms with E-state index in [1.54, 1.807) is 6.08 Å². The van der Waals surface area contributed by atoms with Gasteiger partial charge in [0.05, 0.1) is 11.2 Å². The summed E-state index contributed by atoms with van der Waals surface area (Å²) >= 11 is 0. The van der Waals surface area contributed by atoms with Crippen molar-refractivity contribution in [2.45, 2.75) is 115 Å². The summed E-state index contributed by atoms with van der Waals surface area (Å²) in [6.45, 7) is 16.8. The Morgan fingerprint density at radius 1 is 0.952 bits per heavy atom. The highest BCUT2D eigenvalue weighted by atomic mass is 16.7. The van der Waals surface area contributed by atoms with Crippen LogP contribution in [-0.4, -0.2) is 41.0 Å². The van der Waals surface area contributed by atoms with Crippen LogP contribution < -0.4 is 5.32 Å². The van der Waals surface area contributed by atoms with Gasteiger partial charge in [0.1, 0.15) is 6.10 Å². The van der Waals surface area contributed by atoms with E-state index in [0.29, 0.717) is 18.7 Å². The largest absolute Gasteiger partial charge is 0.480 e. The van der Waals surface area contributed by atoms with E-state index in [1.807, 2.05) is 60.7 Å². The molecule has 6 nitrogen and oxygen atoms in total. The second-order valence-electron chi connectivity index (χ2n) is 13.3. The van der Waals surface area contributed by atoms with E-state index in [0.717, 1.165) is 43.2 Å². The zero-order valence-corrected chi connectivity index (χ0v) is 26.4. The van der Waals surface area contributed by atoms with Crippen LogP contribution in [0.3, 0.4) is 0 Å². The van der Waals surface area contributed by atoms with Crippen molar-refractivity contribution in [3.63, 3.8) is 0 Å². The third-order valence-electron chi connectivity index (χ3n) is 9.79. The second-order valence-corrected chi connectivity index (χ2v) is 13.3. The molecule has 2 fully saturated rings. The summed E-state index contributed by atoms with van der Waals surface area (Å²) in [6.07, 6.45) is 7.02. The predicted octanol–water partition coefficient (Wildman–Crippen LogP) is 7.59. The average molecular weight is 576 g/mol. The third-order valence-corrected chi connectivity index (χ3v) is 9.79. The highest BCUT2D eigenvalue weighted by Crippen LogP contribution is 2.48. The Labute approximate surface area is 253 Å². The summed E-state index contributed by atoms with van der Waals surface area (Å²) in [7, 11) is -0.314. The van der Waals surface area contributed by atoms with Gasteiger partial charge in [0.2, 0.25) is 0 Å². The van der Waals surface area contributed by atoms with E-state index in [-0.39, 0.29) is 13.0 Å². The lowest BCUT2D eigenvalue weighted by Crippen LogP contribution is -2.62. The van der Waals surface area contributed by atoms with Crippen molar-refractivity contribution in [2.24, 2.45) is 11.8 Å². The lowest BCUT2D eigenvalue weighted by molar-refractivity contribution is -0.149. The van der Waals surface area contributed by atoms with Crippen LogP contribution in [0.5, 0.6) is 0 Å². The van der Waals surface area contributed by atoms with E-state index < -0.39 is 34.5 Å². The number of benzene rings is 2. The Balaban J connectivity index is 1.70. The number of hydrogen-bond donors (Lipinski definition) is 2. The van der Waals surface area contributed by atoms with Crippen molar-refractivity contribution in [3.8, 4) is 0 Å². The SMILES string of the molecule is C=CC1OC(c2ccccc2)(c2ccccc2)NC1(C(=O)O)C(CCCB1OC(C)(C)C(C)(C)O1)CCC(C)CCC. The molecule has 228 valence electrons. The van der Waals surface area contributed by atoms with Gasteiger partial charge in [0.15, 0.2) is 11.3 Å². The van der Waals surface area contributed by atoms with Gasteiger partial charge in [-0.15, -0.1) is 6.58 Å². The van der Waals surface area contributed by atoms with Gasteiger partial charge in [0.25, 0.3) is 0 Å². The van der Waals surface area contributed by atoms with Gasteiger partial charge in [0, 0.05) is 11.1 Å². The second kappa shape index (κ2) is 13.0. The minimum absolute atomic E-state index is 0.214. The molecule has 2 saturated heterocycles. The van der Waals surface area contributed by atoms with E-state index in [4.69, 9.17) is 14.0 Å². The van der Waals surface area contributed by atoms with Gasteiger partial charge >= 0.3 is 13.1 Å². The average Bonchev–Trinajstić information content (AvgIpc) is 3.43. The van der Waals surface area contributed by atoms with Gasteiger partial charge < -0.3 is 19.2 Å². The van der Waals surface area contributed by atoms with Gasteiger partial charge in [-0.2, -0.15) is 0 Å². The third kappa shape index (κ3) is 6.26. The Kier molecular flexibility index (Phi) is 10.1. The van der Waals surface area contributed by atoms with Crippen LogP contribution in [0.25, 0.3) is 0 Å². The Morgan fingerprint density at radius 2 is 1.50 bits per heavy atom. The van der Waals surface area contributed by atoms with Crippen LogP contribution in [0, 0.1) is 11.8 Å². The molecule has 2 heterocycles. The molecule has 2 aromatic rings. The molecule has 0 aromatic heterocycles. The number of aliphatic carboxylic acids is 1. The van der Waals surface area contributed by atoms with E-state index in [9.17, 15) is 9.90 Å². The van der Waals surface area contributed by atoms with Crippen molar-refractivity contribution >= 4 is 13.1 Å². The topological polar surface area (TPSA) is 77.0 Å². The first-order valence-corrected chi connectivity index (χ1v) is 15.7. The van der Waals surface area contributed by atoms with Gasteiger partial charge in [-0.1, -0.05) is 106 Å². The van der Waals surface area contributed by atoms with Crippen LogP contribution >= 0.6 is 0 Å². The summed E-state index contributed by atoms with van der Waals surface area (Å²) < 4.78 is 19.4. The number of rotatable bonds is 14. The Hall–Kier alpha value is -2.45. The molecule has 2 aliphatic rings.